The summed E-state index contributed by atoms with van der Waals surface area (Å²) in [6.45, 7) is 11.9. The number of carbonyl (C=O) groups excluding carboxylic acids is 3. The quantitative estimate of drug-likeness (QED) is 0.596. The predicted octanol–water partition coefficient (Wildman–Crippen LogP) is 1.29. The zero-order valence-corrected chi connectivity index (χ0v) is 19.2. The summed E-state index contributed by atoms with van der Waals surface area (Å²) < 4.78 is -0.980. The molecule has 3 aliphatic rings. The highest BCUT2D eigenvalue weighted by molar-refractivity contribution is 8.02. The van der Waals surface area contributed by atoms with Gasteiger partial charge in [0.15, 0.2) is 0 Å². The number of hydrogen-bond acceptors (Lipinski definition) is 5. The van der Waals surface area contributed by atoms with Gasteiger partial charge >= 0.3 is 0 Å². The van der Waals surface area contributed by atoms with E-state index in [1.807, 2.05) is 27.7 Å². The number of likely N-dealkylation sites (tertiary alicyclic amines) is 1. The molecule has 8 heteroatoms. The van der Waals surface area contributed by atoms with E-state index in [0.717, 1.165) is 19.3 Å². The number of fused-ring (bicyclic) bond motifs is 1. The molecule has 3 N–H and O–H groups in total. The van der Waals surface area contributed by atoms with Crippen molar-refractivity contribution in [1.29, 1.82) is 0 Å². The summed E-state index contributed by atoms with van der Waals surface area (Å²) in [5, 5.41) is 15.8. The number of hydrogen-bond donors (Lipinski definition) is 3. The first-order valence-corrected chi connectivity index (χ1v) is 11.5. The normalized spacial score (nSPS) is 36.9. The van der Waals surface area contributed by atoms with Gasteiger partial charge in [-0.3, -0.25) is 14.4 Å². The first-order valence-electron chi connectivity index (χ1n) is 10.6. The number of rotatable bonds is 6. The third-order valence-corrected chi connectivity index (χ3v) is 8.52. The monoisotopic (exact) mass is 425 g/mol. The van der Waals surface area contributed by atoms with Crippen molar-refractivity contribution in [3.63, 3.8) is 0 Å². The van der Waals surface area contributed by atoms with Gasteiger partial charge in [0.2, 0.25) is 17.7 Å². The molecule has 0 aliphatic carbocycles. The molecule has 29 heavy (non-hydrogen) atoms. The molecule has 0 radical (unpaired) electrons. The van der Waals surface area contributed by atoms with Crippen LogP contribution >= 0.6 is 11.8 Å². The minimum Gasteiger partial charge on any atom is -0.394 e. The number of thioether (sulfide) groups is 1. The molecule has 164 valence electrons. The van der Waals surface area contributed by atoms with Gasteiger partial charge < -0.3 is 20.6 Å². The Balaban J connectivity index is 2.05. The molecule has 3 aliphatic heterocycles. The molecule has 1 spiro atoms. The van der Waals surface area contributed by atoms with Crippen LogP contribution in [0.1, 0.15) is 60.8 Å². The highest BCUT2D eigenvalue weighted by atomic mass is 32.2. The fourth-order valence-corrected chi connectivity index (χ4v) is 7.77. The van der Waals surface area contributed by atoms with Crippen molar-refractivity contribution in [2.24, 2.45) is 11.8 Å². The maximum Gasteiger partial charge on any atom is 0.244 e. The Morgan fingerprint density at radius 3 is 2.52 bits per heavy atom. The van der Waals surface area contributed by atoms with Crippen molar-refractivity contribution in [2.45, 2.75) is 87.9 Å². The summed E-state index contributed by atoms with van der Waals surface area (Å²) in [4.78, 5) is 41.7. The van der Waals surface area contributed by atoms with E-state index >= 15 is 0 Å². The SMILES string of the molecule is CCCNC(=O)[C@H]1[C@H]2C(=O)N([C@H](C)CO)C(C(=O)NC(C)(C)C)C23CC[C@]1(C)S3. The van der Waals surface area contributed by atoms with Crippen LogP contribution in [0.25, 0.3) is 0 Å². The fourth-order valence-electron chi connectivity index (χ4n) is 5.42. The van der Waals surface area contributed by atoms with Crippen molar-refractivity contribution in [2.75, 3.05) is 13.2 Å². The lowest BCUT2D eigenvalue weighted by atomic mass is 9.66. The van der Waals surface area contributed by atoms with Gasteiger partial charge in [0.25, 0.3) is 0 Å². The van der Waals surface area contributed by atoms with Crippen LogP contribution in [0.2, 0.25) is 0 Å². The molecule has 7 nitrogen and oxygen atoms in total. The van der Waals surface area contributed by atoms with Gasteiger partial charge in [-0.25, -0.2) is 0 Å². The number of nitrogens with one attached hydrogen (secondary N) is 2. The largest absolute Gasteiger partial charge is 0.394 e. The topological polar surface area (TPSA) is 98.7 Å². The molecule has 0 aromatic heterocycles. The minimum atomic E-state index is -0.683. The average Bonchev–Trinajstić information content (AvgIpc) is 3.18. The number of nitrogens with zero attached hydrogens (tertiary/aromatic N) is 1. The van der Waals surface area contributed by atoms with E-state index in [1.54, 1.807) is 23.6 Å². The van der Waals surface area contributed by atoms with E-state index < -0.39 is 34.2 Å². The minimum absolute atomic E-state index is 0.0877. The van der Waals surface area contributed by atoms with E-state index in [1.165, 1.54) is 0 Å². The number of carbonyl (C=O) groups is 3. The number of aliphatic hydroxyl groups excluding tert-OH is 1. The first kappa shape index (κ1) is 22.4. The van der Waals surface area contributed by atoms with E-state index in [4.69, 9.17) is 0 Å². The summed E-state index contributed by atoms with van der Waals surface area (Å²) in [7, 11) is 0. The Labute approximate surface area is 177 Å². The van der Waals surface area contributed by atoms with Crippen molar-refractivity contribution in [3.8, 4) is 0 Å². The first-order chi connectivity index (χ1) is 13.4. The van der Waals surface area contributed by atoms with Gasteiger partial charge in [0.05, 0.1) is 29.2 Å². The molecule has 3 heterocycles. The molecule has 3 fully saturated rings. The zero-order chi connectivity index (χ0) is 21.8. The summed E-state index contributed by atoms with van der Waals surface area (Å²) >= 11 is 1.65. The maximum atomic E-state index is 13.6. The summed E-state index contributed by atoms with van der Waals surface area (Å²) in [5.41, 5.74) is -0.438. The average molecular weight is 426 g/mol. The van der Waals surface area contributed by atoms with E-state index in [0.29, 0.717) is 6.54 Å². The second-order valence-electron chi connectivity index (χ2n) is 10.0. The summed E-state index contributed by atoms with van der Waals surface area (Å²) in [6, 6.07) is -1.16. The maximum absolute atomic E-state index is 13.6. The second-order valence-corrected chi connectivity index (χ2v) is 11.9. The fraction of sp³-hybridized carbons (Fsp3) is 0.857. The Hall–Kier alpha value is -1.28. The molecule has 3 amide bonds. The van der Waals surface area contributed by atoms with Crippen LogP contribution in [0.3, 0.4) is 0 Å². The molecule has 2 bridgehead atoms. The van der Waals surface area contributed by atoms with Crippen LogP contribution in [0.5, 0.6) is 0 Å². The van der Waals surface area contributed by atoms with Gasteiger partial charge in [-0.2, -0.15) is 0 Å². The molecular formula is C21H35N3O4S. The zero-order valence-electron chi connectivity index (χ0n) is 18.4. The van der Waals surface area contributed by atoms with E-state index in [9.17, 15) is 19.5 Å². The molecular weight excluding hydrogens is 390 g/mol. The molecule has 0 aromatic carbocycles. The highest BCUT2D eigenvalue weighted by Gasteiger charge is 2.77. The van der Waals surface area contributed by atoms with Crippen LogP contribution in [0, 0.1) is 11.8 Å². The Morgan fingerprint density at radius 1 is 1.31 bits per heavy atom. The van der Waals surface area contributed by atoms with Gasteiger partial charge in [-0.15, -0.1) is 11.8 Å². The van der Waals surface area contributed by atoms with Crippen LogP contribution in [0.15, 0.2) is 0 Å². The Kier molecular flexibility index (Phi) is 5.75. The van der Waals surface area contributed by atoms with Crippen LogP contribution < -0.4 is 10.6 Å². The van der Waals surface area contributed by atoms with Gasteiger partial charge in [0, 0.05) is 16.8 Å². The molecule has 0 saturated carbocycles. The lowest BCUT2D eigenvalue weighted by molar-refractivity contribution is -0.143. The lowest BCUT2D eigenvalue weighted by Gasteiger charge is -2.37. The highest BCUT2D eigenvalue weighted by Crippen LogP contribution is 2.71. The number of aliphatic hydroxyl groups is 1. The standard InChI is InChI=1S/C21H35N3O4S/c1-7-10-22-16(26)13-14-18(28)24(12(2)11-25)15(17(27)23-19(3,4)5)21(14)9-8-20(13,6)29-21/h12-15,25H,7-11H2,1-6H3,(H,22,26)(H,23,27)/t12-,13-,14+,15?,20+,21?/m1/s1. The Bertz CT molecular complexity index is 709. The third-order valence-electron chi connectivity index (χ3n) is 6.53. The summed E-state index contributed by atoms with van der Waals surface area (Å²) in [5.74, 6) is -1.45. The van der Waals surface area contributed by atoms with Crippen molar-refractivity contribution < 1.29 is 19.5 Å². The van der Waals surface area contributed by atoms with Gasteiger partial charge in [-0.05, 0) is 53.9 Å². The van der Waals surface area contributed by atoms with Crippen LogP contribution in [-0.2, 0) is 14.4 Å². The van der Waals surface area contributed by atoms with Crippen molar-refractivity contribution in [3.05, 3.63) is 0 Å². The predicted molar refractivity (Wildman–Crippen MR) is 113 cm³/mol. The molecule has 6 atom stereocenters. The van der Waals surface area contributed by atoms with E-state index in [-0.39, 0.29) is 29.1 Å². The Morgan fingerprint density at radius 2 is 1.97 bits per heavy atom. The summed E-state index contributed by atoms with van der Waals surface area (Å²) in [6.07, 6.45) is 2.35. The lowest BCUT2D eigenvalue weighted by Crippen LogP contribution is -2.58. The van der Waals surface area contributed by atoms with E-state index in [2.05, 4.69) is 17.6 Å². The molecule has 2 unspecified atom stereocenters. The molecule has 3 saturated heterocycles. The van der Waals surface area contributed by atoms with Crippen molar-refractivity contribution >= 4 is 29.5 Å². The van der Waals surface area contributed by atoms with Crippen LogP contribution in [-0.4, -0.2) is 68.0 Å². The second kappa shape index (κ2) is 7.45. The van der Waals surface area contributed by atoms with Gasteiger partial charge in [0.1, 0.15) is 6.04 Å². The smallest absolute Gasteiger partial charge is 0.244 e. The third kappa shape index (κ3) is 3.46. The molecule has 0 aromatic rings. The van der Waals surface area contributed by atoms with Crippen LogP contribution in [0.4, 0.5) is 0 Å². The number of amides is 3. The van der Waals surface area contributed by atoms with Crippen molar-refractivity contribution in [1.82, 2.24) is 15.5 Å². The van der Waals surface area contributed by atoms with Gasteiger partial charge in [-0.1, -0.05) is 6.92 Å². The molecule has 3 rings (SSSR count).